The van der Waals surface area contributed by atoms with Crippen LogP contribution in [0.2, 0.25) is 5.02 Å². The molecule has 0 bridgehead atoms. The smallest absolute Gasteiger partial charge is 0.276 e. The van der Waals surface area contributed by atoms with Gasteiger partial charge in [0.1, 0.15) is 11.6 Å². The molecule has 0 aliphatic heterocycles. The first-order valence-electron chi connectivity index (χ1n) is 8.83. The standard InChI is InChI=1S/C20H17ClFN3O4S/c1-2-29-17-10-6-5-9-16(17)24-19(26)18-14(21)11-23-20(25-18)30(27,28)12-13-7-3-4-8-15(13)22/h3-11H,2,12H2,1H3,(H,24,26). The Morgan fingerprint density at radius 3 is 2.60 bits per heavy atom. The lowest BCUT2D eigenvalue weighted by Crippen LogP contribution is -2.18. The van der Waals surface area contributed by atoms with Gasteiger partial charge in [0, 0.05) is 5.56 Å². The zero-order valence-corrected chi connectivity index (χ0v) is 17.4. The molecule has 0 unspecified atom stereocenters. The van der Waals surface area contributed by atoms with Crippen molar-refractivity contribution in [2.45, 2.75) is 17.8 Å². The van der Waals surface area contributed by atoms with Crippen molar-refractivity contribution >= 4 is 33.0 Å². The van der Waals surface area contributed by atoms with Crippen molar-refractivity contribution in [2.24, 2.45) is 0 Å². The molecule has 1 heterocycles. The zero-order valence-electron chi connectivity index (χ0n) is 15.8. The minimum absolute atomic E-state index is 0.0345. The van der Waals surface area contributed by atoms with E-state index < -0.39 is 32.5 Å². The molecule has 1 N–H and O–H groups in total. The van der Waals surface area contributed by atoms with Crippen LogP contribution >= 0.6 is 11.6 Å². The fourth-order valence-electron chi connectivity index (χ4n) is 2.58. The maximum Gasteiger partial charge on any atom is 0.276 e. The summed E-state index contributed by atoms with van der Waals surface area (Å²) in [5.74, 6) is -1.63. The van der Waals surface area contributed by atoms with Gasteiger partial charge in [0.25, 0.3) is 5.91 Å². The maximum atomic E-state index is 13.8. The number of amides is 1. The van der Waals surface area contributed by atoms with E-state index in [9.17, 15) is 17.6 Å². The zero-order chi connectivity index (χ0) is 21.7. The molecule has 3 aromatic rings. The van der Waals surface area contributed by atoms with Crippen LogP contribution in [0.5, 0.6) is 5.75 Å². The molecule has 0 aliphatic carbocycles. The summed E-state index contributed by atoms with van der Waals surface area (Å²) in [4.78, 5) is 20.2. The number of benzene rings is 2. The fourth-order valence-corrected chi connectivity index (χ4v) is 3.97. The third kappa shape index (κ3) is 4.92. The Balaban J connectivity index is 1.90. The minimum atomic E-state index is -4.12. The molecular formula is C20H17ClFN3O4S. The topological polar surface area (TPSA) is 98.2 Å². The number of carbonyl (C=O) groups excluding carboxylic acids is 1. The summed E-state index contributed by atoms with van der Waals surface area (Å²) in [5.41, 5.74) is 0.00700. The van der Waals surface area contributed by atoms with E-state index in [4.69, 9.17) is 16.3 Å². The molecule has 0 saturated heterocycles. The highest BCUT2D eigenvalue weighted by Gasteiger charge is 2.24. The van der Waals surface area contributed by atoms with Crippen molar-refractivity contribution in [3.05, 3.63) is 76.8 Å². The molecule has 7 nitrogen and oxygen atoms in total. The van der Waals surface area contributed by atoms with E-state index >= 15 is 0 Å². The van der Waals surface area contributed by atoms with Crippen LogP contribution in [0.15, 0.2) is 59.9 Å². The largest absolute Gasteiger partial charge is 0.492 e. The number of hydrogen-bond acceptors (Lipinski definition) is 6. The van der Waals surface area contributed by atoms with Gasteiger partial charge in [0.05, 0.1) is 29.3 Å². The maximum absolute atomic E-state index is 13.8. The van der Waals surface area contributed by atoms with Crippen LogP contribution in [0.4, 0.5) is 10.1 Å². The molecule has 10 heteroatoms. The van der Waals surface area contributed by atoms with Gasteiger partial charge in [-0.1, -0.05) is 41.9 Å². The average Bonchev–Trinajstić information content (AvgIpc) is 2.71. The summed E-state index contributed by atoms with van der Waals surface area (Å²) < 4.78 is 44.6. The van der Waals surface area contributed by atoms with E-state index in [1.807, 2.05) is 0 Å². The van der Waals surface area contributed by atoms with Gasteiger partial charge in [0.2, 0.25) is 15.0 Å². The number of halogens is 2. The van der Waals surface area contributed by atoms with Gasteiger partial charge in [-0.05, 0) is 25.1 Å². The van der Waals surface area contributed by atoms with Crippen LogP contribution < -0.4 is 10.1 Å². The van der Waals surface area contributed by atoms with Crippen LogP contribution in [0.3, 0.4) is 0 Å². The Morgan fingerprint density at radius 2 is 1.87 bits per heavy atom. The first kappa shape index (κ1) is 21.7. The van der Waals surface area contributed by atoms with E-state index in [-0.39, 0.29) is 16.3 Å². The number of carbonyl (C=O) groups is 1. The highest BCUT2D eigenvalue weighted by molar-refractivity contribution is 7.90. The van der Waals surface area contributed by atoms with Crippen molar-refractivity contribution in [3.63, 3.8) is 0 Å². The van der Waals surface area contributed by atoms with Crippen molar-refractivity contribution in [1.29, 1.82) is 0 Å². The predicted octanol–water partition coefficient (Wildman–Crippen LogP) is 3.89. The summed E-state index contributed by atoms with van der Waals surface area (Å²) in [5, 5.41) is 1.84. The first-order valence-corrected chi connectivity index (χ1v) is 10.9. The van der Waals surface area contributed by atoms with Gasteiger partial charge in [-0.15, -0.1) is 0 Å². The number of nitrogens with zero attached hydrogens (tertiary/aromatic N) is 2. The lowest BCUT2D eigenvalue weighted by molar-refractivity contribution is 0.102. The van der Waals surface area contributed by atoms with E-state index in [1.54, 1.807) is 31.2 Å². The lowest BCUT2D eigenvalue weighted by Gasteiger charge is -2.12. The van der Waals surface area contributed by atoms with Gasteiger partial charge in [-0.2, -0.15) is 0 Å². The molecule has 0 atom stereocenters. The number of hydrogen-bond donors (Lipinski definition) is 1. The second-order valence-electron chi connectivity index (χ2n) is 6.08. The molecule has 156 valence electrons. The van der Waals surface area contributed by atoms with Gasteiger partial charge in [0.15, 0.2) is 5.69 Å². The van der Waals surface area contributed by atoms with Crippen molar-refractivity contribution in [1.82, 2.24) is 9.97 Å². The number of rotatable bonds is 7. The monoisotopic (exact) mass is 449 g/mol. The molecule has 30 heavy (non-hydrogen) atoms. The Labute approximate surface area is 177 Å². The number of ether oxygens (including phenoxy) is 1. The van der Waals surface area contributed by atoms with E-state index in [0.29, 0.717) is 18.0 Å². The highest BCUT2D eigenvalue weighted by atomic mass is 35.5. The van der Waals surface area contributed by atoms with Crippen LogP contribution in [-0.2, 0) is 15.6 Å². The molecule has 0 aliphatic rings. The molecule has 0 radical (unpaired) electrons. The summed E-state index contributed by atoms with van der Waals surface area (Å²) in [6, 6.07) is 12.2. The Hall–Kier alpha value is -3.04. The predicted molar refractivity (Wildman–Crippen MR) is 110 cm³/mol. The molecule has 1 amide bonds. The second kappa shape index (κ2) is 9.19. The van der Waals surface area contributed by atoms with E-state index in [2.05, 4.69) is 15.3 Å². The molecule has 2 aromatic carbocycles. The number of nitrogens with one attached hydrogen (secondary N) is 1. The van der Waals surface area contributed by atoms with Crippen LogP contribution in [0, 0.1) is 5.82 Å². The Bertz CT molecular complexity index is 1190. The van der Waals surface area contributed by atoms with Gasteiger partial charge >= 0.3 is 0 Å². The third-order valence-corrected chi connectivity index (χ3v) is 5.67. The number of sulfone groups is 1. The minimum Gasteiger partial charge on any atom is -0.492 e. The van der Waals surface area contributed by atoms with Crippen LogP contribution in [0.1, 0.15) is 23.0 Å². The highest BCUT2D eigenvalue weighted by Crippen LogP contribution is 2.25. The molecule has 3 rings (SSSR count). The normalized spacial score (nSPS) is 11.2. The molecule has 0 fully saturated rings. The van der Waals surface area contributed by atoms with E-state index in [1.165, 1.54) is 18.2 Å². The Morgan fingerprint density at radius 1 is 1.17 bits per heavy atom. The average molecular weight is 450 g/mol. The van der Waals surface area contributed by atoms with Crippen LogP contribution in [-0.4, -0.2) is 30.9 Å². The number of anilines is 1. The summed E-state index contributed by atoms with van der Waals surface area (Å²) in [7, 11) is -4.12. The van der Waals surface area contributed by atoms with E-state index in [0.717, 1.165) is 12.3 Å². The number of aromatic nitrogens is 2. The second-order valence-corrected chi connectivity index (χ2v) is 8.37. The van der Waals surface area contributed by atoms with Crippen molar-refractivity contribution in [2.75, 3.05) is 11.9 Å². The summed E-state index contributed by atoms with van der Waals surface area (Å²) >= 11 is 6.02. The molecule has 0 saturated carbocycles. The molecule has 0 spiro atoms. The lowest BCUT2D eigenvalue weighted by atomic mass is 10.2. The summed E-state index contributed by atoms with van der Waals surface area (Å²) in [6.07, 6.45) is 1.02. The fraction of sp³-hybridized carbons (Fsp3) is 0.150. The molecular weight excluding hydrogens is 433 g/mol. The Kier molecular flexibility index (Phi) is 6.63. The third-order valence-electron chi connectivity index (χ3n) is 3.95. The van der Waals surface area contributed by atoms with Gasteiger partial charge < -0.3 is 10.1 Å². The first-order chi connectivity index (χ1) is 14.3. The number of para-hydroxylation sites is 2. The quantitative estimate of drug-likeness (QED) is 0.549. The summed E-state index contributed by atoms with van der Waals surface area (Å²) in [6.45, 7) is 2.19. The van der Waals surface area contributed by atoms with Gasteiger partial charge in [-0.3, -0.25) is 4.79 Å². The SMILES string of the molecule is CCOc1ccccc1NC(=O)c1nc(S(=O)(=O)Cc2ccccc2F)ncc1Cl. The van der Waals surface area contributed by atoms with Gasteiger partial charge in [-0.25, -0.2) is 22.8 Å². The van der Waals surface area contributed by atoms with Crippen molar-refractivity contribution < 1.29 is 22.3 Å². The van der Waals surface area contributed by atoms with Crippen molar-refractivity contribution in [3.8, 4) is 5.75 Å². The van der Waals surface area contributed by atoms with Crippen LogP contribution in [0.25, 0.3) is 0 Å². The molecule has 1 aromatic heterocycles.